The number of fused-ring (bicyclic) bond motifs is 5. The summed E-state index contributed by atoms with van der Waals surface area (Å²) in [6.45, 7) is 0. The molecule has 0 saturated carbocycles. The molecule has 0 aliphatic rings. The molecule has 0 fully saturated rings. The SMILES string of the molecule is Cn1c2ccc(-c3cc4ccccc4[nH]3)cc2c2cc(-c3cc4ccccc4[nH]3)ccc21. The van der Waals surface area contributed by atoms with Crippen LogP contribution in [0, 0.1) is 0 Å². The highest BCUT2D eigenvalue weighted by Gasteiger charge is 2.13. The molecule has 7 aromatic rings. The number of hydrogen-bond donors (Lipinski definition) is 2. The predicted molar refractivity (Wildman–Crippen MR) is 135 cm³/mol. The maximum Gasteiger partial charge on any atom is 0.0489 e. The van der Waals surface area contributed by atoms with Crippen LogP contribution < -0.4 is 0 Å². The van der Waals surface area contributed by atoms with Crippen LogP contribution >= 0.6 is 0 Å². The zero-order chi connectivity index (χ0) is 21.2. The molecule has 32 heavy (non-hydrogen) atoms. The van der Waals surface area contributed by atoms with Gasteiger partial charge in [-0.05, 0) is 59.7 Å². The number of aromatic amines is 2. The summed E-state index contributed by atoms with van der Waals surface area (Å²) in [5.41, 5.74) is 9.54. The van der Waals surface area contributed by atoms with Gasteiger partial charge in [0.05, 0.1) is 0 Å². The van der Waals surface area contributed by atoms with E-state index in [2.05, 4.69) is 119 Å². The van der Waals surface area contributed by atoms with Crippen molar-refractivity contribution >= 4 is 43.6 Å². The summed E-state index contributed by atoms with van der Waals surface area (Å²) in [5.74, 6) is 0. The van der Waals surface area contributed by atoms with Crippen molar-refractivity contribution < 1.29 is 0 Å². The van der Waals surface area contributed by atoms with E-state index in [0.29, 0.717) is 0 Å². The number of benzene rings is 4. The van der Waals surface area contributed by atoms with Crippen LogP contribution in [0.1, 0.15) is 0 Å². The van der Waals surface area contributed by atoms with Gasteiger partial charge in [-0.15, -0.1) is 0 Å². The molecule has 7 rings (SSSR count). The third-order valence-electron chi connectivity index (χ3n) is 6.69. The molecule has 0 radical (unpaired) electrons. The number of aromatic nitrogens is 3. The van der Waals surface area contributed by atoms with Gasteiger partial charge in [-0.3, -0.25) is 0 Å². The van der Waals surface area contributed by atoms with E-state index in [4.69, 9.17) is 0 Å². The Morgan fingerprint density at radius 3 is 1.47 bits per heavy atom. The lowest BCUT2D eigenvalue weighted by Gasteiger charge is -2.01. The minimum absolute atomic E-state index is 1.15. The summed E-state index contributed by atoms with van der Waals surface area (Å²) >= 11 is 0. The van der Waals surface area contributed by atoms with Crippen LogP contribution in [0.2, 0.25) is 0 Å². The average Bonchev–Trinajstić information content (AvgIpc) is 3.53. The Hall–Kier alpha value is -4.24. The van der Waals surface area contributed by atoms with E-state index in [1.807, 2.05) is 0 Å². The van der Waals surface area contributed by atoms with Crippen LogP contribution in [0.5, 0.6) is 0 Å². The number of nitrogens with one attached hydrogen (secondary N) is 2. The Morgan fingerprint density at radius 2 is 1.00 bits per heavy atom. The van der Waals surface area contributed by atoms with E-state index in [9.17, 15) is 0 Å². The van der Waals surface area contributed by atoms with E-state index in [-0.39, 0.29) is 0 Å². The largest absolute Gasteiger partial charge is 0.355 e. The van der Waals surface area contributed by atoms with Crippen LogP contribution in [0.4, 0.5) is 0 Å². The van der Waals surface area contributed by atoms with Gasteiger partial charge in [-0.1, -0.05) is 48.5 Å². The van der Waals surface area contributed by atoms with Gasteiger partial charge in [-0.25, -0.2) is 0 Å². The number of rotatable bonds is 2. The van der Waals surface area contributed by atoms with Crippen LogP contribution in [-0.4, -0.2) is 14.5 Å². The summed E-state index contributed by atoms with van der Waals surface area (Å²) < 4.78 is 2.29. The Morgan fingerprint density at radius 1 is 0.531 bits per heavy atom. The minimum Gasteiger partial charge on any atom is -0.355 e. The van der Waals surface area contributed by atoms with Gasteiger partial charge >= 0.3 is 0 Å². The monoisotopic (exact) mass is 411 g/mol. The molecule has 0 atom stereocenters. The van der Waals surface area contributed by atoms with Crippen molar-refractivity contribution in [2.45, 2.75) is 0 Å². The summed E-state index contributed by atoms with van der Waals surface area (Å²) in [6, 6.07) is 34.9. The second-order valence-corrected chi connectivity index (χ2v) is 8.56. The first-order chi connectivity index (χ1) is 15.7. The zero-order valence-electron chi connectivity index (χ0n) is 17.7. The number of hydrogen-bond acceptors (Lipinski definition) is 0. The van der Waals surface area contributed by atoms with Crippen LogP contribution in [0.15, 0.2) is 97.1 Å². The van der Waals surface area contributed by atoms with Gasteiger partial charge < -0.3 is 14.5 Å². The summed E-state index contributed by atoms with van der Waals surface area (Å²) in [6.07, 6.45) is 0. The highest BCUT2D eigenvalue weighted by Crippen LogP contribution is 2.35. The van der Waals surface area contributed by atoms with Crippen LogP contribution in [0.3, 0.4) is 0 Å². The van der Waals surface area contributed by atoms with Gasteiger partial charge in [0.25, 0.3) is 0 Å². The molecule has 152 valence electrons. The van der Waals surface area contributed by atoms with E-state index >= 15 is 0 Å². The molecule has 0 aliphatic heterocycles. The average molecular weight is 412 g/mol. The third-order valence-corrected chi connectivity index (χ3v) is 6.69. The zero-order valence-corrected chi connectivity index (χ0v) is 17.7. The topological polar surface area (TPSA) is 36.5 Å². The molecule has 0 aliphatic carbocycles. The lowest BCUT2D eigenvalue weighted by molar-refractivity contribution is 1.01. The summed E-state index contributed by atoms with van der Waals surface area (Å²) in [4.78, 5) is 7.14. The maximum absolute atomic E-state index is 3.57. The molecule has 3 nitrogen and oxygen atoms in total. The smallest absolute Gasteiger partial charge is 0.0489 e. The van der Waals surface area contributed by atoms with Crippen molar-refractivity contribution in [3.63, 3.8) is 0 Å². The van der Waals surface area contributed by atoms with Crippen molar-refractivity contribution in [1.82, 2.24) is 14.5 Å². The first kappa shape index (κ1) is 17.4. The molecule has 3 aromatic heterocycles. The first-order valence-electron chi connectivity index (χ1n) is 10.9. The fraction of sp³-hybridized carbons (Fsp3) is 0.0345. The van der Waals surface area contributed by atoms with Gasteiger partial charge in [0.1, 0.15) is 0 Å². The molecule has 4 aromatic carbocycles. The number of para-hydroxylation sites is 2. The number of H-pyrrole nitrogens is 2. The molecule has 0 spiro atoms. The molecule has 0 bridgehead atoms. The Balaban J connectivity index is 1.44. The lowest BCUT2D eigenvalue weighted by atomic mass is 10.0. The quantitative estimate of drug-likeness (QED) is 0.293. The van der Waals surface area contributed by atoms with Crippen LogP contribution in [0.25, 0.3) is 66.1 Å². The van der Waals surface area contributed by atoms with Crippen molar-refractivity contribution in [3.05, 3.63) is 97.1 Å². The molecular weight excluding hydrogens is 390 g/mol. The van der Waals surface area contributed by atoms with Crippen LogP contribution in [-0.2, 0) is 7.05 Å². The van der Waals surface area contributed by atoms with Crippen molar-refractivity contribution in [1.29, 1.82) is 0 Å². The highest BCUT2D eigenvalue weighted by molar-refractivity contribution is 6.10. The van der Waals surface area contributed by atoms with Gasteiger partial charge in [0.2, 0.25) is 0 Å². The molecule has 3 heteroatoms. The Labute approximate surface area is 184 Å². The molecule has 0 saturated heterocycles. The molecule has 0 amide bonds. The third kappa shape index (κ3) is 2.48. The van der Waals surface area contributed by atoms with Gasteiger partial charge in [0, 0.05) is 62.0 Å². The number of nitrogens with zero attached hydrogens (tertiary/aromatic N) is 1. The fourth-order valence-electron chi connectivity index (χ4n) is 5.01. The van der Waals surface area contributed by atoms with Gasteiger partial charge in [0.15, 0.2) is 0 Å². The summed E-state index contributed by atoms with van der Waals surface area (Å²) in [5, 5.41) is 5.02. The predicted octanol–water partition coefficient (Wildman–Crippen LogP) is 7.63. The number of aryl methyl sites for hydroxylation is 1. The fourth-order valence-corrected chi connectivity index (χ4v) is 5.01. The first-order valence-corrected chi connectivity index (χ1v) is 10.9. The highest BCUT2D eigenvalue weighted by atomic mass is 14.9. The normalized spacial score (nSPS) is 11.9. The molecule has 0 unspecified atom stereocenters. The van der Waals surface area contributed by atoms with E-state index in [0.717, 1.165) is 11.4 Å². The van der Waals surface area contributed by atoms with Crippen molar-refractivity contribution in [3.8, 4) is 22.5 Å². The second kappa shape index (κ2) is 6.38. The van der Waals surface area contributed by atoms with E-state index in [1.54, 1.807) is 0 Å². The second-order valence-electron chi connectivity index (χ2n) is 8.56. The van der Waals surface area contributed by atoms with E-state index < -0.39 is 0 Å². The summed E-state index contributed by atoms with van der Waals surface area (Å²) in [7, 11) is 2.15. The molecule has 3 heterocycles. The molecular formula is C29H21N3. The Kier molecular flexibility index (Phi) is 3.48. The standard InChI is InChI=1S/C29H21N3/c1-32-28-12-10-20(26-16-18-6-2-4-8-24(18)30-26)14-22(28)23-15-21(11-13-29(23)32)27-17-19-7-3-5-9-25(19)31-27/h2-17,30-31H,1H3. The Bertz CT molecular complexity index is 1590. The van der Waals surface area contributed by atoms with Crippen molar-refractivity contribution in [2.24, 2.45) is 7.05 Å². The maximum atomic E-state index is 3.57. The lowest BCUT2D eigenvalue weighted by Crippen LogP contribution is -1.86. The van der Waals surface area contributed by atoms with Gasteiger partial charge in [-0.2, -0.15) is 0 Å². The van der Waals surface area contributed by atoms with E-state index in [1.165, 1.54) is 54.7 Å². The molecule has 2 N–H and O–H groups in total. The van der Waals surface area contributed by atoms with Crippen molar-refractivity contribution in [2.75, 3.05) is 0 Å². The minimum atomic E-state index is 1.15.